The molecule has 0 saturated heterocycles. The molecular formula is C17H15F7O2. The van der Waals surface area contributed by atoms with E-state index in [0.29, 0.717) is 37.0 Å². The molecule has 2 aliphatic rings. The van der Waals surface area contributed by atoms with Crippen LogP contribution in [0.1, 0.15) is 41.9 Å². The SMILES string of the molecule is O=C(O)[C@@H]1CC[C@H]2c3ccc(C(F)(C(F)(F)F)C(F)(F)F)cc3CC[C@@H]12. The largest absolute Gasteiger partial charge is 0.481 e. The van der Waals surface area contributed by atoms with E-state index in [2.05, 4.69) is 0 Å². The molecule has 2 nitrogen and oxygen atoms in total. The molecule has 1 fully saturated rings. The molecule has 0 aliphatic heterocycles. The minimum absolute atomic E-state index is 0.125. The van der Waals surface area contributed by atoms with Crippen molar-refractivity contribution in [3.05, 3.63) is 34.9 Å². The first kappa shape index (κ1) is 19.0. The first-order chi connectivity index (χ1) is 11.9. The zero-order valence-corrected chi connectivity index (χ0v) is 13.3. The Morgan fingerprint density at radius 1 is 0.962 bits per heavy atom. The predicted molar refractivity (Wildman–Crippen MR) is 76.2 cm³/mol. The molecule has 26 heavy (non-hydrogen) atoms. The van der Waals surface area contributed by atoms with Crippen molar-refractivity contribution < 1.29 is 40.6 Å². The van der Waals surface area contributed by atoms with Gasteiger partial charge >= 0.3 is 24.0 Å². The summed E-state index contributed by atoms with van der Waals surface area (Å²) in [5, 5.41) is 9.23. The molecule has 1 aromatic rings. The Morgan fingerprint density at radius 3 is 2.12 bits per heavy atom. The highest BCUT2D eigenvalue weighted by molar-refractivity contribution is 5.71. The van der Waals surface area contributed by atoms with Crippen LogP contribution in [-0.2, 0) is 16.9 Å². The predicted octanol–water partition coefficient (Wildman–Crippen LogP) is 5.12. The summed E-state index contributed by atoms with van der Waals surface area (Å²) in [7, 11) is 0. The molecule has 0 radical (unpaired) electrons. The third-order valence-corrected chi connectivity index (χ3v) is 5.61. The summed E-state index contributed by atoms with van der Waals surface area (Å²) in [6.07, 6.45) is -10.9. The van der Waals surface area contributed by atoms with E-state index in [9.17, 15) is 40.6 Å². The Bertz CT molecular complexity index is 709. The van der Waals surface area contributed by atoms with Crippen LogP contribution in [0.5, 0.6) is 0 Å². The minimum atomic E-state index is -6.14. The topological polar surface area (TPSA) is 37.3 Å². The molecule has 144 valence electrons. The van der Waals surface area contributed by atoms with E-state index in [0.717, 1.165) is 6.07 Å². The monoisotopic (exact) mass is 384 g/mol. The van der Waals surface area contributed by atoms with Gasteiger partial charge in [0, 0.05) is 5.56 Å². The number of aliphatic carboxylic acids is 1. The average Bonchev–Trinajstić information content (AvgIpc) is 2.95. The molecular weight excluding hydrogens is 369 g/mol. The number of benzene rings is 1. The van der Waals surface area contributed by atoms with Crippen LogP contribution in [0.2, 0.25) is 0 Å². The van der Waals surface area contributed by atoms with Gasteiger partial charge in [-0.3, -0.25) is 4.79 Å². The maximum absolute atomic E-state index is 14.2. The highest BCUT2D eigenvalue weighted by atomic mass is 19.4. The Labute approximate surface area is 144 Å². The molecule has 0 aromatic heterocycles. The second-order valence-corrected chi connectivity index (χ2v) is 6.90. The van der Waals surface area contributed by atoms with E-state index in [1.54, 1.807) is 0 Å². The fraction of sp³-hybridized carbons (Fsp3) is 0.588. The van der Waals surface area contributed by atoms with E-state index >= 15 is 0 Å². The standard InChI is InChI=1S/C17H15F7O2/c18-15(16(19,20)21,17(22,23)24)9-2-4-10-8(7-9)1-3-12-11(10)5-6-13(12)14(25)26/h2,4,7,11-13H,1,3,5-6H2,(H,25,26)/t11-,12+,13+/m0/s1. The van der Waals surface area contributed by atoms with Gasteiger partial charge in [-0.05, 0) is 48.6 Å². The fourth-order valence-corrected chi connectivity index (χ4v) is 4.37. The van der Waals surface area contributed by atoms with Gasteiger partial charge in [0.25, 0.3) is 0 Å². The molecule has 1 saturated carbocycles. The molecule has 0 amide bonds. The van der Waals surface area contributed by atoms with Crippen LogP contribution in [0.15, 0.2) is 18.2 Å². The molecule has 0 unspecified atom stereocenters. The van der Waals surface area contributed by atoms with Crippen LogP contribution in [-0.4, -0.2) is 23.4 Å². The van der Waals surface area contributed by atoms with Gasteiger partial charge in [0.15, 0.2) is 0 Å². The number of fused-ring (bicyclic) bond motifs is 3. The van der Waals surface area contributed by atoms with E-state index in [1.165, 1.54) is 0 Å². The molecule has 0 bridgehead atoms. The van der Waals surface area contributed by atoms with Crippen LogP contribution in [0, 0.1) is 11.8 Å². The van der Waals surface area contributed by atoms with E-state index in [4.69, 9.17) is 0 Å². The maximum atomic E-state index is 14.2. The van der Waals surface area contributed by atoms with Crippen molar-refractivity contribution in [1.82, 2.24) is 0 Å². The molecule has 3 rings (SSSR count). The number of carboxylic acid groups (broad SMARTS) is 1. The van der Waals surface area contributed by atoms with Crippen molar-refractivity contribution in [3.63, 3.8) is 0 Å². The average molecular weight is 384 g/mol. The molecule has 2 aliphatic carbocycles. The fourth-order valence-electron chi connectivity index (χ4n) is 4.37. The summed E-state index contributed by atoms with van der Waals surface area (Å²) < 4.78 is 91.7. The Hall–Kier alpha value is -1.80. The lowest BCUT2D eigenvalue weighted by molar-refractivity contribution is -0.348. The summed E-state index contributed by atoms with van der Waals surface area (Å²) in [4.78, 5) is 11.3. The molecule has 1 aromatic carbocycles. The third-order valence-electron chi connectivity index (χ3n) is 5.61. The third kappa shape index (κ3) is 2.66. The first-order valence-electron chi connectivity index (χ1n) is 8.06. The lowest BCUT2D eigenvalue weighted by Gasteiger charge is -2.34. The zero-order chi connectivity index (χ0) is 19.5. The van der Waals surface area contributed by atoms with Crippen molar-refractivity contribution in [2.45, 2.75) is 49.6 Å². The number of aryl methyl sites for hydroxylation is 1. The van der Waals surface area contributed by atoms with Gasteiger partial charge in [0.05, 0.1) is 5.92 Å². The van der Waals surface area contributed by atoms with Crippen molar-refractivity contribution in [3.8, 4) is 0 Å². The lowest BCUT2D eigenvalue weighted by atomic mass is 9.73. The van der Waals surface area contributed by atoms with Crippen LogP contribution < -0.4 is 0 Å². The second kappa shape index (κ2) is 5.85. The number of halogens is 7. The van der Waals surface area contributed by atoms with Gasteiger partial charge in [-0.25, -0.2) is 4.39 Å². The number of alkyl halides is 7. The number of carboxylic acids is 1. The van der Waals surface area contributed by atoms with Gasteiger partial charge in [-0.2, -0.15) is 26.3 Å². The number of hydrogen-bond donors (Lipinski definition) is 1. The van der Waals surface area contributed by atoms with Gasteiger partial charge in [-0.1, -0.05) is 18.2 Å². The highest BCUT2D eigenvalue weighted by Crippen LogP contribution is 2.55. The molecule has 0 spiro atoms. The summed E-state index contributed by atoms with van der Waals surface area (Å²) in [5.74, 6) is -1.96. The van der Waals surface area contributed by atoms with Crippen LogP contribution in [0.3, 0.4) is 0 Å². The van der Waals surface area contributed by atoms with Crippen LogP contribution in [0.25, 0.3) is 0 Å². The molecule has 3 atom stereocenters. The Kier molecular flexibility index (Phi) is 4.27. The van der Waals surface area contributed by atoms with Crippen LogP contribution in [0.4, 0.5) is 30.7 Å². The van der Waals surface area contributed by atoms with Crippen molar-refractivity contribution >= 4 is 5.97 Å². The number of rotatable bonds is 2. The van der Waals surface area contributed by atoms with Crippen LogP contribution >= 0.6 is 0 Å². The first-order valence-corrected chi connectivity index (χ1v) is 8.06. The van der Waals surface area contributed by atoms with Gasteiger partial charge < -0.3 is 5.11 Å². The Balaban J connectivity index is 2.02. The molecule has 0 heterocycles. The second-order valence-electron chi connectivity index (χ2n) is 6.90. The summed E-state index contributed by atoms with van der Waals surface area (Å²) in [6.45, 7) is 0. The van der Waals surface area contributed by atoms with Gasteiger partial charge in [0.1, 0.15) is 0 Å². The smallest absolute Gasteiger partial charge is 0.435 e. The van der Waals surface area contributed by atoms with Gasteiger partial charge in [-0.15, -0.1) is 0 Å². The zero-order valence-electron chi connectivity index (χ0n) is 13.3. The normalized spacial score (nSPS) is 26.3. The quantitative estimate of drug-likeness (QED) is 0.719. The van der Waals surface area contributed by atoms with E-state index in [1.807, 2.05) is 0 Å². The Morgan fingerprint density at radius 2 is 1.58 bits per heavy atom. The van der Waals surface area contributed by atoms with Crippen molar-refractivity contribution in [2.75, 3.05) is 0 Å². The van der Waals surface area contributed by atoms with Gasteiger partial charge in [0.2, 0.25) is 0 Å². The highest BCUT2D eigenvalue weighted by Gasteiger charge is 2.73. The lowest BCUT2D eigenvalue weighted by Crippen LogP contribution is -2.50. The number of carbonyl (C=O) groups is 1. The molecule has 1 N–H and O–H groups in total. The maximum Gasteiger partial charge on any atom is 0.435 e. The summed E-state index contributed by atoms with van der Waals surface area (Å²) in [5.41, 5.74) is -6.17. The number of hydrogen-bond acceptors (Lipinski definition) is 1. The minimum Gasteiger partial charge on any atom is -0.481 e. The summed E-state index contributed by atoms with van der Waals surface area (Å²) in [6, 6.07) is 2.26. The summed E-state index contributed by atoms with van der Waals surface area (Å²) >= 11 is 0. The van der Waals surface area contributed by atoms with E-state index < -0.39 is 35.5 Å². The van der Waals surface area contributed by atoms with Crippen molar-refractivity contribution in [1.29, 1.82) is 0 Å². The molecule has 9 heteroatoms. The van der Waals surface area contributed by atoms with E-state index in [-0.39, 0.29) is 23.8 Å². The van der Waals surface area contributed by atoms with Crippen molar-refractivity contribution in [2.24, 2.45) is 11.8 Å².